The van der Waals surface area contributed by atoms with Gasteiger partial charge in [-0.2, -0.15) is 0 Å². The Labute approximate surface area is 101 Å². The summed E-state index contributed by atoms with van der Waals surface area (Å²) in [6.07, 6.45) is 6.95. The molecule has 0 amide bonds. The standard InChI is InChI=1S/C15H14N2/c1-17-11-13(9-12-5-3-2-4-6-12)14-7-8-16-10-15(14)17/h2-8,10-11H,9H2,1H3. The van der Waals surface area contributed by atoms with Gasteiger partial charge in [-0.25, -0.2) is 0 Å². The fourth-order valence-electron chi connectivity index (χ4n) is 2.27. The average Bonchev–Trinajstić information content (AvgIpc) is 2.69. The first-order chi connectivity index (χ1) is 8.34. The van der Waals surface area contributed by atoms with Crippen LogP contribution in [-0.4, -0.2) is 9.55 Å². The number of aryl methyl sites for hydroxylation is 1. The van der Waals surface area contributed by atoms with E-state index < -0.39 is 0 Å². The Balaban J connectivity index is 2.07. The minimum atomic E-state index is 0.974. The second kappa shape index (κ2) is 4.06. The number of rotatable bonds is 2. The Morgan fingerprint density at radius 1 is 1.12 bits per heavy atom. The maximum atomic E-state index is 4.17. The second-order valence-corrected chi connectivity index (χ2v) is 4.32. The first-order valence-electron chi connectivity index (χ1n) is 5.76. The molecule has 0 aliphatic rings. The molecule has 0 radical (unpaired) electrons. The third-order valence-corrected chi connectivity index (χ3v) is 3.11. The molecule has 0 unspecified atom stereocenters. The van der Waals surface area contributed by atoms with Crippen molar-refractivity contribution in [2.45, 2.75) is 6.42 Å². The molecule has 2 heterocycles. The zero-order valence-corrected chi connectivity index (χ0v) is 9.80. The highest BCUT2D eigenvalue weighted by molar-refractivity contribution is 5.83. The molecule has 0 N–H and O–H groups in total. The lowest BCUT2D eigenvalue weighted by Crippen LogP contribution is -1.86. The van der Waals surface area contributed by atoms with Crippen LogP contribution in [0, 0.1) is 0 Å². The first-order valence-corrected chi connectivity index (χ1v) is 5.76. The lowest BCUT2D eigenvalue weighted by Gasteiger charge is -1.99. The van der Waals surface area contributed by atoms with Crippen LogP contribution in [0.15, 0.2) is 55.0 Å². The van der Waals surface area contributed by atoms with Gasteiger partial charge < -0.3 is 4.57 Å². The van der Waals surface area contributed by atoms with E-state index >= 15 is 0 Å². The van der Waals surface area contributed by atoms with Crippen molar-refractivity contribution in [1.82, 2.24) is 9.55 Å². The van der Waals surface area contributed by atoms with E-state index in [2.05, 4.69) is 59.2 Å². The van der Waals surface area contributed by atoms with E-state index in [-0.39, 0.29) is 0 Å². The zero-order valence-electron chi connectivity index (χ0n) is 9.80. The summed E-state index contributed by atoms with van der Waals surface area (Å²) >= 11 is 0. The molecule has 0 aliphatic carbocycles. The fraction of sp³-hybridized carbons (Fsp3) is 0.133. The number of hydrogen-bond donors (Lipinski definition) is 0. The van der Waals surface area contributed by atoms with Gasteiger partial charge in [-0.1, -0.05) is 30.3 Å². The van der Waals surface area contributed by atoms with Gasteiger partial charge in [0.25, 0.3) is 0 Å². The van der Waals surface area contributed by atoms with Gasteiger partial charge in [0.05, 0.1) is 11.7 Å². The summed E-state index contributed by atoms with van der Waals surface area (Å²) in [6, 6.07) is 12.6. The topological polar surface area (TPSA) is 17.8 Å². The Morgan fingerprint density at radius 3 is 2.76 bits per heavy atom. The Bertz CT molecular complexity index is 638. The van der Waals surface area contributed by atoms with E-state index in [1.54, 1.807) is 0 Å². The SMILES string of the molecule is Cn1cc(Cc2ccccc2)c2ccncc21. The van der Waals surface area contributed by atoms with Gasteiger partial charge in [0.1, 0.15) is 0 Å². The third kappa shape index (κ3) is 1.82. The molecule has 0 atom stereocenters. The predicted octanol–water partition coefficient (Wildman–Crippen LogP) is 3.16. The molecule has 3 aromatic rings. The van der Waals surface area contributed by atoms with E-state index in [1.165, 1.54) is 22.0 Å². The zero-order chi connectivity index (χ0) is 11.7. The quantitative estimate of drug-likeness (QED) is 0.651. The van der Waals surface area contributed by atoms with Crippen LogP contribution in [0.5, 0.6) is 0 Å². The van der Waals surface area contributed by atoms with Crippen LogP contribution in [0.1, 0.15) is 11.1 Å². The van der Waals surface area contributed by atoms with E-state index in [0.29, 0.717) is 0 Å². The van der Waals surface area contributed by atoms with Crippen LogP contribution < -0.4 is 0 Å². The van der Waals surface area contributed by atoms with Gasteiger partial charge in [0.2, 0.25) is 0 Å². The second-order valence-electron chi connectivity index (χ2n) is 4.32. The normalized spacial score (nSPS) is 10.9. The van der Waals surface area contributed by atoms with Crippen molar-refractivity contribution < 1.29 is 0 Å². The maximum Gasteiger partial charge on any atom is 0.0667 e. The van der Waals surface area contributed by atoms with Gasteiger partial charge in [-0.05, 0) is 23.6 Å². The molecule has 0 spiro atoms. The summed E-state index contributed by atoms with van der Waals surface area (Å²) in [5, 5.41) is 1.30. The van der Waals surface area contributed by atoms with Gasteiger partial charge in [0, 0.05) is 24.8 Å². The molecule has 2 aromatic heterocycles. The van der Waals surface area contributed by atoms with E-state index in [1.807, 2.05) is 12.4 Å². The van der Waals surface area contributed by atoms with Crippen molar-refractivity contribution in [2.24, 2.45) is 7.05 Å². The van der Waals surface area contributed by atoms with Crippen molar-refractivity contribution in [1.29, 1.82) is 0 Å². The molecule has 17 heavy (non-hydrogen) atoms. The molecule has 0 aliphatic heterocycles. The van der Waals surface area contributed by atoms with Crippen LogP contribution >= 0.6 is 0 Å². The number of nitrogens with zero attached hydrogens (tertiary/aromatic N) is 2. The smallest absolute Gasteiger partial charge is 0.0667 e. The van der Waals surface area contributed by atoms with Gasteiger partial charge in [-0.3, -0.25) is 4.98 Å². The molecular formula is C15H14N2. The van der Waals surface area contributed by atoms with E-state index in [0.717, 1.165) is 6.42 Å². The van der Waals surface area contributed by atoms with Crippen molar-refractivity contribution >= 4 is 10.9 Å². The third-order valence-electron chi connectivity index (χ3n) is 3.11. The summed E-state index contributed by atoms with van der Waals surface area (Å²) in [7, 11) is 2.07. The lowest BCUT2D eigenvalue weighted by molar-refractivity contribution is 0.955. The maximum absolute atomic E-state index is 4.17. The first kappa shape index (κ1) is 10.1. The molecule has 0 bridgehead atoms. The fourth-order valence-corrected chi connectivity index (χ4v) is 2.27. The minimum absolute atomic E-state index is 0.974. The van der Waals surface area contributed by atoms with Gasteiger partial charge in [-0.15, -0.1) is 0 Å². The molecule has 0 fully saturated rings. The Morgan fingerprint density at radius 2 is 1.94 bits per heavy atom. The number of hydrogen-bond acceptors (Lipinski definition) is 1. The van der Waals surface area contributed by atoms with Gasteiger partial charge >= 0.3 is 0 Å². The summed E-state index contributed by atoms with van der Waals surface area (Å²) in [5.74, 6) is 0. The predicted molar refractivity (Wildman–Crippen MR) is 70.0 cm³/mol. The minimum Gasteiger partial charge on any atom is -0.349 e. The van der Waals surface area contributed by atoms with Crippen LogP contribution in [0.3, 0.4) is 0 Å². The number of fused-ring (bicyclic) bond motifs is 1. The van der Waals surface area contributed by atoms with Crippen molar-refractivity contribution in [3.05, 3.63) is 66.1 Å². The summed E-state index contributed by atoms with van der Waals surface area (Å²) in [4.78, 5) is 4.17. The average molecular weight is 222 g/mol. The molecule has 2 nitrogen and oxygen atoms in total. The van der Waals surface area contributed by atoms with Crippen LogP contribution in [-0.2, 0) is 13.5 Å². The number of pyridine rings is 1. The highest BCUT2D eigenvalue weighted by Crippen LogP contribution is 2.21. The molecule has 84 valence electrons. The number of aromatic nitrogens is 2. The molecule has 0 saturated heterocycles. The highest BCUT2D eigenvalue weighted by Gasteiger charge is 2.06. The molecular weight excluding hydrogens is 208 g/mol. The van der Waals surface area contributed by atoms with Crippen molar-refractivity contribution in [3.8, 4) is 0 Å². The van der Waals surface area contributed by atoms with Crippen molar-refractivity contribution in [3.63, 3.8) is 0 Å². The van der Waals surface area contributed by atoms with E-state index in [9.17, 15) is 0 Å². The highest BCUT2D eigenvalue weighted by atomic mass is 14.9. The van der Waals surface area contributed by atoms with Crippen LogP contribution in [0.4, 0.5) is 0 Å². The number of benzene rings is 1. The monoisotopic (exact) mass is 222 g/mol. The van der Waals surface area contributed by atoms with E-state index in [4.69, 9.17) is 0 Å². The van der Waals surface area contributed by atoms with Gasteiger partial charge in [0.15, 0.2) is 0 Å². The molecule has 0 saturated carbocycles. The molecule has 1 aromatic carbocycles. The summed E-state index contributed by atoms with van der Waals surface area (Å²) < 4.78 is 2.14. The summed E-state index contributed by atoms with van der Waals surface area (Å²) in [6.45, 7) is 0. The largest absolute Gasteiger partial charge is 0.349 e. The van der Waals surface area contributed by atoms with Crippen LogP contribution in [0.2, 0.25) is 0 Å². The molecule has 3 rings (SSSR count). The lowest BCUT2D eigenvalue weighted by atomic mass is 10.1. The van der Waals surface area contributed by atoms with Crippen molar-refractivity contribution in [2.75, 3.05) is 0 Å². The molecule has 2 heteroatoms. The summed E-state index contributed by atoms with van der Waals surface area (Å²) in [5.41, 5.74) is 3.89. The Hall–Kier alpha value is -2.09. The van der Waals surface area contributed by atoms with Crippen LogP contribution in [0.25, 0.3) is 10.9 Å². The Kier molecular flexibility index (Phi) is 2.41.